The third-order valence-corrected chi connectivity index (χ3v) is 2.12. The Balaban J connectivity index is 2.52. The SMILES string of the molecule is O=C(O)c1cc(-n2cnnn2)ccc1Cl. The van der Waals surface area contributed by atoms with E-state index in [-0.39, 0.29) is 10.6 Å². The number of hydrogen-bond acceptors (Lipinski definition) is 4. The summed E-state index contributed by atoms with van der Waals surface area (Å²) in [4.78, 5) is 10.8. The first-order valence-corrected chi connectivity index (χ1v) is 4.32. The Labute approximate surface area is 89.1 Å². The largest absolute Gasteiger partial charge is 0.478 e. The van der Waals surface area contributed by atoms with Gasteiger partial charge in [0.1, 0.15) is 6.33 Å². The van der Waals surface area contributed by atoms with E-state index < -0.39 is 5.97 Å². The molecule has 0 aliphatic carbocycles. The predicted molar refractivity (Wildman–Crippen MR) is 51.1 cm³/mol. The fourth-order valence-corrected chi connectivity index (χ4v) is 1.30. The van der Waals surface area contributed by atoms with Gasteiger partial charge in [-0.25, -0.2) is 9.48 Å². The number of aromatic carboxylic acids is 1. The van der Waals surface area contributed by atoms with Crippen LogP contribution in [0, 0.1) is 0 Å². The zero-order valence-corrected chi connectivity index (χ0v) is 8.09. The number of carboxylic acids is 1. The molecule has 0 radical (unpaired) electrons. The number of rotatable bonds is 2. The highest BCUT2D eigenvalue weighted by atomic mass is 35.5. The topological polar surface area (TPSA) is 80.9 Å². The van der Waals surface area contributed by atoms with Gasteiger partial charge in [0.05, 0.1) is 16.3 Å². The van der Waals surface area contributed by atoms with Gasteiger partial charge in [0.25, 0.3) is 0 Å². The first-order chi connectivity index (χ1) is 7.18. The van der Waals surface area contributed by atoms with Crippen molar-refractivity contribution in [3.63, 3.8) is 0 Å². The molecular formula is C8H5ClN4O2. The molecule has 6 nitrogen and oxygen atoms in total. The Hall–Kier alpha value is -1.95. The summed E-state index contributed by atoms with van der Waals surface area (Å²) < 4.78 is 1.35. The third kappa shape index (κ3) is 1.79. The second-order valence-corrected chi connectivity index (χ2v) is 3.13. The summed E-state index contributed by atoms with van der Waals surface area (Å²) in [6, 6.07) is 4.52. The van der Waals surface area contributed by atoms with Crippen molar-refractivity contribution < 1.29 is 9.90 Å². The van der Waals surface area contributed by atoms with Crippen LogP contribution in [-0.4, -0.2) is 31.3 Å². The normalized spacial score (nSPS) is 10.2. The van der Waals surface area contributed by atoms with Gasteiger partial charge < -0.3 is 5.11 Å². The van der Waals surface area contributed by atoms with Crippen molar-refractivity contribution in [2.24, 2.45) is 0 Å². The lowest BCUT2D eigenvalue weighted by molar-refractivity contribution is 0.0697. The number of benzene rings is 1. The fraction of sp³-hybridized carbons (Fsp3) is 0. The average molecular weight is 225 g/mol. The quantitative estimate of drug-likeness (QED) is 0.824. The second-order valence-electron chi connectivity index (χ2n) is 2.72. The summed E-state index contributed by atoms with van der Waals surface area (Å²) in [5.74, 6) is -1.09. The summed E-state index contributed by atoms with van der Waals surface area (Å²) in [6.07, 6.45) is 1.37. The summed E-state index contributed by atoms with van der Waals surface area (Å²) in [5.41, 5.74) is 0.562. The maximum atomic E-state index is 10.8. The molecule has 0 unspecified atom stereocenters. The van der Waals surface area contributed by atoms with Crippen LogP contribution in [0.2, 0.25) is 5.02 Å². The van der Waals surface area contributed by atoms with Crippen LogP contribution >= 0.6 is 11.6 Å². The van der Waals surface area contributed by atoms with Crippen molar-refractivity contribution in [2.75, 3.05) is 0 Å². The van der Waals surface area contributed by atoms with Crippen LogP contribution in [-0.2, 0) is 0 Å². The van der Waals surface area contributed by atoms with Gasteiger partial charge in [-0.15, -0.1) is 5.10 Å². The number of nitrogens with zero attached hydrogens (tertiary/aromatic N) is 4. The Morgan fingerprint density at radius 3 is 2.87 bits per heavy atom. The molecule has 1 N–H and O–H groups in total. The third-order valence-electron chi connectivity index (χ3n) is 1.79. The van der Waals surface area contributed by atoms with E-state index >= 15 is 0 Å². The summed E-state index contributed by atoms with van der Waals surface area (Å²) in [7, 11) is 0. The van der Waals surface area contributed by atoms with Crippen molar-refractivity contribution in [2.45, 2.75) is 0 Å². The molecular weight excluding hydrogens is 220 g/mol. The molecule has 0 aliphatic heterocycles. The summed E-state index contributed by atoms with van der Waals surface area (Å²) in [5, 5.41) is 19.6. The molecule has 0 saturated carbocycles. The highest BCUT2D eigenvalue weighted by Crippen LogP contribution is 2.19. The lowest BCUT2D eigenvalue weighted by Gasteiger charge is -2.02. The average Bonchev–Trinajstić information content (AvgIpc) is 2.71. The molecule has 2 aromatic rings. The molecule has 76 valence electrons. The first kappa shape index (κ1) is 9.60. The number of tetrazole rings is 1. The van der Waals surface area contributed by atoms with Crippen LogP contribution in [0.25, 0.3) is 5.69 Å². The molecule has 7 heteroatoms. The minimum atomic E-state index is -1.09. The van der Waals surface area contributed by atoms with Crippen LogP contribution in [0.3, 0.4) is 0 Å². The molecule has 1 heterocycles. The highest BCUT2D eigenvalue weighted by Gasteiger charge is 2.10. The van der Waals surface area contributed by atoms with E-state index in [0.717, 1.165) is 0 Å². The van der Waals surface area contributed by atoms with Gasteiger partial charge in [0, 0.05) is 0 Å². The van der Waals surface area contributed by atoms with Gasteiger partial charge in [0.2, 0.25) is 0 Å². The molecule has 0 spiro atoms. The van der Waals surface area contributed by atoms with Crippen LogP contribution < -0.4 is 0 Å². The zero-order valence-electron chi connectivity index (χ0n) is 7.33. The maximum Gasteiger partial charge on any atom is 0.337 e. The van der Waals surface area contributed by atoms with E-state index in [0.29, 0.717) is 5.69 Å². The molecule has 1 aromatic carbocycles. The number of halogens is 1. The van der Waals surface area contributed by atoms with Crippen molar-refractivity contribution in [1.82, 2.24) is 20.2 Å². The molecule has 0 bridgehead atoms. The lowest BCUT2D eigenvalue weighted by atomic mass is 10.2. The number of hydrogen-bond donors (Lipinski definition) is 1. The van der Waals surface area contributed by atoms with E-state index in [9.17, 15) is 4.79 Å². The minimum absolute atomic E-state index is 0.0182. The van der Waals surface area contributed by atoms with Gasteiger partial charge in [-0.2, -0.15) is 0 Å². The number of aromatic nitrogens is 4. The Morgan fingerprint density at radius 1 is 1.47 bits per heavy atom. The van der Waals surface area contributed by atoms with E-state index in [4.69, 9.17) is 16.7 Å². The molecule has 1 aromatic heterocycles. The molecule has 0 saturated heterocycles. The molecule has 2 rings (SSSR count). The van der Waals surface area contributed by atoms with Crippen LogP contribution in [0.1, 0.15) is 10.4 Å². The van der Waals surface area contributed by atoms with Crippen molar-refractivity contribution in [1.29, 1.82) is 0 Å². The van der Waals surface area contributed by atoms with E-state index in [1.807, 2.05) is 0 Å². The minimum Gasteiger partial charge on any atom is -0.478 e. The molecule has 15 heavy (non-hydrogen) atoms. The molecule has 0 aliphatic rings. The van der Waals surface area contributed by atoms with E-state index in [2.05, 4.69) is 15.5 Å². The second kappa shape index (κ2) is 3.66. The maximum absolute atomic E-state index is 10.8. The van der Waals surface area contributed by atoms with Gasteiger partial charge in [-0.05, 0) is 28.6 Å². The van der Waals surface area contributed by atoms with Crippen LogP contribution in [0.4, 0.5) is 0 Å². The Morgan fingerprint density at radius 2 is 2.27 bits per heavy atom. The Kier molecular flexibility index (Phi) is 2.34. The smallest absolute Gasteiger partial charge is 0.337 e. The summed E-state index contributed by atoms with van der Waals surface area (Å²) in [6.45, 7) is 0. The zero-order chi connectivity index (χ0) is 10.8. The van der Waals surface area contributed by atoms with E-state index in [1.165, 1.54) is 23.1 Å². The monoisotopic (exact) mass is 224 g/mol. The van der Waals surface area contributed by atoms with E-state index in [1.54, 1.807) is 6.07 Å². The summed E-state index contributed by atoms with van der Waals surface area (Å²) >= 11 is 5.71. The van der Waals surface area contributed by atoms with Crippen molar-refractivity contribution in [3.8, 4) is 5.69 Å². The predicted octanol–water partition coefficient (Wildman–Crippen LogP) is 1.01. The van der Waals surface area contributed by atoms with Gasteiger partial charge >= 0.3 is 5.97 Å². The first-order valence-electron chi connectivity index (χ1n) is 3.94. The number of carboxylic acid groups (broad SMARTS) is 1. The van der Waals surface area contributed by atoms with Crippen molar-refractivity contribution >= 4 is 17.6 Å². The fourth-order valence-electron chi connectivity index (χ4n) is 1.10. The molecule has 0 amide bonds. The van der Waals surface area contributed by atoms with Gasteiger partial charge in [-0.3, -0.25) is 0 Å². The highest BCUT2D eigenvalue weighted by molar-refractivity contribution is 6.33. The van der Waals surface area contributed by atoms with Gasteiger partial charge in [-0.1, -0.05) is 11.6 Å². The van der Waals surface area contributed by atoms with Crippen LogP contribution in [0.15, 0.2) is 24.5 Å². The Bertz CT molecular complexity index is 497. The van der Waals surface area contributed by atoms with Crippen molar-refractivity contribution in [3.05, 3.63) is 35.1 Å². The van der Waals surface area contributed by atoms with Crippen LogP contribution in [0.5, 0.6) is 0 Å². The molecule has 0 fully saturated rings. The number of carbonyl (C=O) groups is 1. The molecule has 0 atom stereocenters. The standard InChI is InChI=1S/C8H5ClN4O2/c9-7-2-1-5(3-6(7)8(14)15)13-4-10-11-12-13/h1-4H,(H,14,15). The van der Waals surface area contributed by atoms with Gasteiger partial charge in [0.15, 0.2) is 0 Å². The lowest BCUT2D eigenvalue weighted by Crippen LogP contribution is -2.01.